The summed E-state index contributed by atoms with van der Waals surface area (Å²) in [6, 6.07) is 6.86. The average molecular weight is 321 g/mol. The number of piperidine rings is 1. The first-order chi connectivity index (χ1) is 9.13. The highest BCUT2D eigenvalue weighted by Gasteiger charge is 2.21. The molecule has 20 heavy (non-hydrogen) atoms. The molecule has 1 saturated heterocycles. The van der Waals surface area contributed by atoms with Crippen molar-refractivity contribution in [1.29, 1.82) is 0 Å². The molecule has 0 aliphatic carbocycles. The smallest absolute Gasteiger partial charge is 0.244 e. The molecule has 1 atom stereocenters. The van der Waals surface area contributed by atoms with Crippen LogP contribution in [0.1, 0.15) is 19.3 Å². The summed E-state index contributed by atoms with van der Waals surface area (Å²) in [6.07, 6.45) is 3.32. The van der Waals surface area contributed by atoms with Gasteiger partial charge in [0.25, 0.3) is 0 Å². The van der Waals surface area contributed by atoms with E-state index in [2.05, 4.69) is 10.0 Å². The standard InChI is InChI=1S/C13H20N2O3S.ClH/c1-18-12-7-2-3-8-13(12)19(16,17)15-10-11-6-4-5-9-14-11;/h2-3,7-8,11,14-15H,4-6,9-10H2,1H3;1H. The van der Waals surface area contributed by atoms with E-state index >= 15 is 0 Å². The summed E-state index contributed by atoms with van der Waals surface area (Å²) in [5, 5.41) is 3.31. The topological polar surface area (TPSA) is 67.4 Å². The zero-order valence-corrected chi connectivity index (χ0v) is 13.1. The van der Waals surface area contributed by atoms with Crippen LogP contribution in [-0.2, 0) is 10.0 Å². The minimum absolute atomic E-state index is 0. The number of rotatable bonds is 5. The summed E-state index contributed by atoms with van der Waals surface area (Å²) in [6.45, 7) is 1.38. The number of ether oxygens (including phenoxy) is 1. The summed E-state index contributed by atoms with van der Waals surface area (Å²) in [5.41, 5.74) is 0. The van der Waals surface area contributed by atoms with Gasteiger partial charge in [-0.25, -0.2) is 13.1 Å². The molecule has 0 aromatic heterocycles. The highest BCUT2D eigenvalue weighted by Crippen LogP contribution is 2.22. The maximum atomic E-state index is 12.2. The number of sulfonamides is 1. The second-order valence-electron chi connectivity index (χ2n) is 4.65. The summed E-state index contributed by atoms with van der Waals surface area (Å²) in [4.78, 5) is 0.188. The molecule has 1 aromatic rings. The Morgan fingerprint density at radius 1 is 1.35 bits per heavy atom. The zero-order chi connectivity index (χ0) is 13.7. The Kier molecular flexibility index (Phi) is 6.75. The number of para-hydroxylation sites is 1. The molecule has 1 aromatic carbocycles. The Hall–Kier alpha value is -0.820. The van der Waals surface area contributed by atoms with Crippen LogP contribution in [0.3, 0.4) is 0 Å². The molecule has 0 spiro atoms. The van der Waals surface area contributed by atoms with Crippen LogP contribution in [0.2, 0.25) is 0 Å². The highest BCUT2D eigenvalue weighted by atomic mass is 35.5. The van der Waals surface area contributed by atoms with Gasteiger partial charge in [0.1, 0.15) is 10.6 Å². The van der Waals surface area contributed by atoms with Crippen molar-refractivity contribution in [2.45, 2.75) is 30.2 Å². The lowest BCUT2D eigenvalue weighted by Crippen LogP contribution is -2.43. The van der Waals surface area contributed by atoms with Crippen molar-refractivity contribution >= 4 is 22.4 Å². The fourth-order valence-corrected chi connectivity index (χ4v) is 3.48. The van der Waals surface area contributed by atoms with E-state index < -0.39 is 10.0 Å². The van der Waals surface area contributed by atoms with Crippen molar-refractivity contribution in [3.8, 4) is 5.75 Å². The second-order valence-corrected chi connectivity index (χ2v) is 6.38. The predicted octanol–water partition coefficient (Wildman–Crippen LogP) is 1.54. The van der Waals surface area contributed by atoms with Crippen molar-refractivity contribution < 1.29 is 13.2 Å². The second kappa shape index (κ2) is 7.83. The molecular weight excluding hydrogens is 300 g/mol. The molecule has 1 unspecified atom stereocenters. The van der Waals surface area contributed by atoms with Gasteiger partial charge in [0.05, 0.1) is 7.11 Å². The quantitative estimate of drug-likeness (QED) is 0.863. The lowest BCUT2D eigenvalue weighted by atomic mass is 10.1. The molecule has 0 amide bonds. The third-order valence-corrected chi connectivity index (χ3v) is 4.75. The molecule has 2 N–H and O–H groups in total. The first-order valence-corrected chi connectivity index (χ1v) is 7.98. The first-order valence-electron chi connectivity index (χ1n) is 6.49. The Labute approximate surface area is 126 Å². The normalized spacial score (nSPS) is 19.1. The molecule has 1 aliphatic rings. The summed E-state index contributed by atoms with van der Waals surface area (Å²) in [7, 11) is -2.05. The van der Waals surface area contributed by atoms with E-state index in [1.165, 1.54) is 7.11 Å². The van der Waals surface area contributed by atoms with Gasteiger partial charge in [-0.1, -0.05) is 18.6 Å². The molecule has 0 saturated carbocycles. The zero-order valence-electron chi connectivity index (χ0n) is 11.5. The van der Waals surface area contributed by atoms with Crippen molar-refractivity contribution in [2.75, 3.05) is 20.2 Å². The van der Waals surface area contributed by atoms with E-state index in [0.717, 1.165) is 25.8 Å². The van der Waals surface area contributed by atoms with Gasteiger partial charge in [-0.2, -0.15) is 0 Å². The number of halogens is 1. The molecule has 0 radical (unpaired) electrons. The molecule has 7 heteroatoms. The highest BCUT2D eigenvalue weighted by molar-refractivity contribution is 7.89. The Morgan fingerprint density at radius 2 is 2.10 bits per heavy atom. The van der Waals surface area contributed by atoms with Crippen molar-refractivity contribution in [2.24, 2.45) is 0 Å². The largest absolute Gasteiger partial charge is 0.495 e. The lowest BCUT2D eigenvalue weighted by molar-refractivity contribution is 0.394. The van der Waals surface area contributed by atoms with E-state index in [1.807, 2.05) is 0 Å². The van der Waals surface area contributed by atoms with Crippen LogP contribution in [-0.4, -0.2) is 34.7 Å². The monoisotopic (exact) mass is 320 g/mol. The van der Waals surface area contributed by atoms with Crippen molar-refractivity contribution in [1.82, 2.24) is 10.0 Å². The SMILES string of the molecule is COc1ccccc1S(=O)(=O)NCC1CCCCN1.Cl. The number of hydrogen-bond acceptors (Lipinski definition) is 4. The van der Waals surface area contributed by atoms with E-state index in [4.69, 9.17) is 4.74 Å². The van der Waals surface area contributed by atoms with Gasteiger partial charge in [-0.15, -0.1) is 12.4 Å². The van der Waals surface area contributed by atoms with Gasteiger partial charge in [-0.3, -0.25) is 0 Å². The Morgan fingerprint density at radius 3 is 2.75 bits per heavy atom. The Balaban J connectivity index is 0.00000200. The van der Waals surface area contributed by atoms with E-state index in [1.54, 1.807) is 24.3 Å². The molecule has 114 valence electrons. The van der Waals surface area contributed by atoms with Gasteiger partial charge in [0.15, 0.2) is 0 Å². The van der Waals surface area contributed by atoms with Gasteiger partial charge >= 0.3 is 0 Å². The molecule has 0 bridgehead atoms. The number of benzene rings is 1. The fraction of sp³-hybridized carbons (Fsp3) is 0.538. The maximum absolute atomic E-state index is 12.2. The van der Waals surface area contributed by atoms with Crippen LogP contribution in [0.15, 0.2) is 29.2 Å². The van der Waals surface area contributed by atoms with Crippen LogP contribution in [0.4, 0.5) is 0 Å². The summed E-state index contributed by atoms with van der Waals surface area (Å²) in [5.74, 6) is 0.367. The van der Waals surface area contributed by atoms with Gasteiger partial charge in [0, 0.05) is 12.6 Å². The molecule has 5 nitrogen and oxygen atoms in total. The molecule has 2 rings (SSSR count). The van der Waals surface area contributed by atoms with Crippen LogP contribution < -0.4 is 14.8 Å². The van der Waals surface area contributed by atoms with Crippen molar-refractivity contribution in [3.05, 3.63) is 24.3 Å². The third kappa shape index (κ3) is 4.34. The van der Waals surface area contributed by atoms with E-state index in [-0.39, 0.29) is 23.3 Å². The lowest BCUT2D eigenvalue weighted by Gasteiger charge is -2.23. The van der Waals surface area contributed by atoms with Crippen LogP contribution in [0.25, 0.3) is 0 Å². The molecule has 1 heterocycles. The number of nitrogens with one attached hydrogen (secondary N) is 2. The van der Waals surface area contributed by atoms with Gasteiger partial charge < -0.3 is 10.1 Å². The molecular formula is C13H21ClN2O3S. The van der Waals surface area contributed by atoms with Gasteiger partial charge in [0.2, 0.25) is 10.0 Å². The Bertz CT molecular complexity index is 516. The predicted molar refractivity (Wildman–Crippen MR) is 81.1 cm³/mol. The minimum Gasteiger partial charge on any atom is -0.495 e. The first kappa shape index (κ1) is 17.2. The van der Waals surface area contributed by atoms with E-state index in [0.29, 0.717) is 12.3 Å². The minimum atomic E-state index is -3.52. The molecule has 1 fully saturated rings. The summed E-state index contributed by atoms with van der Waals surface area (Å²) >= 11 is 0. The van der Waals surface area contributed by atoms with Crippen molar-refractivity contribution in [3.63, 3.8) is 0 Å². The summed E-state index contributed by atoms with van der Waals surface area (Å²) < 4.78 is 32.2. The van der Waals surface area contributed by atoms with Crippen LogP contribution in [0, 0.1) is 0 Å². The average Bonchev–Trinajstić information content (AvgIpc) is 2.46. The van der Waals surface area contributed by atoms with Crippen LogP contribution in [0.5, 0.6) is 5.75 Å². The van der Waals surface area contributed by atoms with Crippen LogP contribution >= 0.6 is 12.4 Å². The number of hydrogen-bond donors (Lipinski definition) is 2. The number of methoxy groups -OCH3 is 1. The maximum Gasteiger partial charge on any atom is 0.244 e. The van der Waals surface area contributed by atoms with E-state index in [9.17, 15) is 8.42 Å². The fourth-order valence-electron chi connectivity index (χ4n) is 2.23. The molecule has 1 aliphatic heterocycles. The third-order valence-electron chi connectivity index (χ3n) is 3.29. The van der Waals surface area contributed by atoms with Gasteiger partial charge in [-0.05, 0) is 31.5 Å².